The van der Waals surface area contributed by atoms with Crippen molar-refractivity contribution in [3.63, 3.8) is 0 Å². The number of hydrogen-bond donors (Lipinski definition) is 3. The second-order valence-electron chi connectivity index (χ2n) is 5.89. The smallest absolute Gasteiger partial charge is 0.315 e. The van der Waals surface area contributed by atoms with Gasteiger partial charge in [-0.15, -0.1) is 0 Å². The van der Waals surface area contributed by atoms with Crippen molar-refractivity contribution < 1.29 is 18.7 Å². The van der Waals surface area contributed by atoms with Gasteiger partial charge >= 0.3 is 6.03 Å². The molecule has 4 nitrogen and oxygen atoms in total. The van der Waals surface area contributed by atoms with Crippen molar-refractivity contribution in [1.82, 2.24) is 10.6 Å². The Morgan fingerprint density at radius 1 is 1.36 bits per heavy atom. The van der Waals surface area contributed by atoms with Crippen LogP contribution in [-0.4, -0.2) is 23.7 Å². The first-order chi connectivity index (χ1) is 10.5. The second-order valence-corrected chi connectivity index (χ2v) is 5.89. The topological polar surface area (TPSA) is 61.4 Å². The summed E-state index contributed by atoms with van der Waals surface area (Å²) in [6.07, 6.45) is 3.60. The third-order valence-corrected chi connectivity index (χ3v) is 4.18. The Hall–Kier alpha value is -1.69. The molecule has 22 heavy (non-hydrogen) atoms. The average molecular weight is 312 g/mol. The first-order valence-electron chi connectivity index (χ1n) is 7.64. The molecule has 1 aromatic carbocycles. The molecule has 0 saturated heterocycles. The lowest BCUT2D eigenvalue weighted by Crippen LogP contribution is -2.44. The summed E-state index contributed by atoms with van der Waals surface area (Å²) in [5, 5.41) is 15.4. The van der Waals surface area contributed by atoms with Crippen LogP contribution in [0.25, 0.3) is 0 Å². The van der Waals surface area contributed by atoms with E-state index in [-0.39, 0.29) is 11.6 Å². The van der Waals surface area contributed by atoms with Gasteiger partial charge in [-0.1, -0.05) is 25.3 Å². The minimum absolute atomic E-state index is 0.223. The second kappa shape index (κ2) is 7.54. The standard InChI is InChI=1S/C16H22F2N2O2/c1-10(15(21)12-5-6-13(17)14(18)9-12)20-16(22)19-8-7-11-3-2-4-11/h5-6,9-11,15,21H,2-4,7-8H2,1H3,(H2,19,20,22). The minimum Gasteiger partial charge on any atom is -0.386 e. The molecule has 6 heteroatoms. The maximum atomic E-state index is 13.2. The van der Waals surface area contributed by atoms with Crippen molar-refractivity contribution in [1.29, 1.82) is 0 Å². The summed E-state index contributed by atoms with van der Waals surface area (Å²) in [5.41, 5.74) is 0.223. The first kappa shape index (κ1) is 16.7. The molecular weight excluding hydrogens is 290 g/mol. The molecule has 3 N–H and O–H groups in total. The van der Waals surface area contributed by atoms with Gasteiger partial charge < -0.3 is 15.7 Å². The maximum absolute atomic E-state index is 13.2. The molecule has 1 saturated carbocycles. The van der Waals surface area contributed by atoms with Crippen LogP contribution < -0.4 is 10.6 Å². The Morgan fingerprint density at radius 3 is 2.68 bits per heavy atom. The zero-order chi connectivity index (χ0) is 16.1. The number of rotatable bonds is 6. The van der Waals surface area contributed by atoms with Crippen LogP contribution >= 0.6 is 0 Å². The number of amides is 2. The minimum atomic E-state index is -1.10. The molecule has 0 bridgehead atoms. The molecule has 1 aromatic rings. The molecule has 1 aliphatic carbocycles. The van der Waals surface area contributed by atoms with E-state index in [9.17, 15) is 18.7 Å². The average Bonchev–Trinajstić information content (AvgIpc) is 2.43. The summed E-state index contributed by atoms with van der Waals surface area (Å²) >= 11 is 0. The Labute approximate surface area is 128 Å². The van der Waals surface area contributed by atoms with Gasteiger partial charge in [0.25, 0.3) is 0 Å². The molecule has 0 radical (unpaired) electrons. The van der Waals surface area contributed by atoms with Crippen LogP contribution in [0, 0.1) is 17.6 Å². The summed E-state index contributed by atoms with van der Waals surface area (Å²) < 4.78 is 26.0. The predicted octanol–water partition coefficient (Wildman–Crippen LogP) is 2.88. The number of hydrogen-bond acceptors (Lipinski definition) is 2. The highest BCUT2D eigenvalue weighted by atomic mass is 19.2. The van der Waals surface area contributed by atoms with Gasteiger partial charge in [0.15, 0.2) is 11.6 Å². The zero-order valence-corrected chi connectivity index (χ0v) is 12.6. The van der Waals surface area contributed by atoms with Crippen LogP contribution in [0.15, 0.2) is 18.2 Å². The molecule has 0 heterocycles. The van der Waals surface area contributed by atoms with Gasteiger partial charge in [0.1, 0.15) is 0 Å². The van der Waals surface area contributed by atoms with Gasteiger partial charge in [0, 0.05) is 6.54 Å². The summed E-state index contributed by atoms with van der Waals surface area (Å²) in [7, 11) is 0. The Morgan fingerprint density at radius 2 is 2.09 bits per heavy atom. The lowest BCUT2D eigenvalue weighted by molar-refractivity contribution is 0.137. The molecule has 2 unspecified atom stereocenters. The van der Waals surface area contributed by atoms with Crippen molar-refractivity contribution in [3.8, 4) is 0 Å². The molecule has 2 atom stereocenters. The normalized spacial score (nSPS) is 17.5. The SMILES string of the molecule is CC(NC(=O)NCCC1CCC1)C(O)c1ccc(F)c(F)c1. The number of carbonyl (C=O) groups excluding carboxylic acids is 1. The first-order valence-corrected chi connectivity index (χ1v) is 7.64. The van der Waals surface area contributed by atoms with Crippen LogP contribution in [0.4, 0.5) is 13.6 Å². The maximum Gasteiger partial charge on any atom is 0.315 e. The summed E-state index contributed by atoms with van der Waals surface area (Å²) in [6, 6.07) is 2.21. The summed E-state index contributed by atoms with van der Waals surface area (Å²) in [6.45, 7) is 2.21. The molecule has 1 fully saturated rings. The van der Waals surface area contributed by atoms with Crippen LogP contribution in [-0.2, 0) is 0 Å². The number of aliphatic hydroxyl groups excluding tert-OH is 1. The van der Waals surface area contributed by atoms with Gasteiger partial charge in [0.2, 0.25) is 0 Å². The van der Waals surface area contributed by atoms with E-state index in [0.29, 0.717) is 12.5 Å². The fraction of sp³-hybridized carbons (Fsp3) is 0.562. The quantitative estimate of drug-likeness (QED) is 0.756. The number of benzene rings is 1. The molecule has 122 valence electrons. The van der Waals surface area contributed by atoms with Crippen molar-refractivity contribution >= 4 is 6.03 Å². The third kappa shape index (κ3) is 4.40. The molecule has 0 spiro atoms. The van der Waals surface area contributed by atoms with E-state index in [1.807, 2.05) is 0 Å². The highest BCUT2D eigenvalue weighted by Gasteiger charge is 2.20. The molecule has 2 amide bonds. The van der Waals surface area contributed by atoms with Gasteiger partial charge in [-0.2, -0.15) is 0 Å². The van der Waals surface area contributed by atoms with E-state index >= 15 is 0 Å². The van der Waals surface area contributed by atoms with E-state index in [0.717, 1.165) is 18.6 Å². The Kier molecular flexibility index (Phi) is 5.71. The molecular formula is C16H22F2N2O2. The van der Waals surface area contributed by atoms with E-state index in [1.165, 1.54) is 25.3 Å². The molecule has 0 aliphatic heterocycles. The van der Waals surface area contributed by atoms with Crippen LogP contribution in [0.3, 0.4) is 0 Å². The van der Waals surface area contributed by atoms with Crippen molar-refractivity contribution in [2.24, 2.45) is 5.92 Å². The number of aliphatic hydroxyl groups is 1. The van der Waals surface area contributed by atoms with Gasteiger partial charge in [-0.05, 0) is 37.0 Å². The largest absolute Gasteiger partial charge is 0.386 e. The summed E-state index contributed by atoms with van der Waals surface area (Å²) in [4.78, 5) is 11.7. The van der Waals surface area contributed by atoms with E-state index in [1.54, 1.807) is 6.92 Å². The predicted molar refractivity (Wildman–Crippen MR) is 79.3 cm³/mol. The lowest BCUT2D eigenvalue weighted by Gasteiger charge is -2.25. The van der Waals surface area contributed by atoms with Crippen LogP contribution in [0.2, 0.25) is 0 Å². The van der Waals surface area contributed by atoms with Gasteiger partial charge in [-0.3, -0.25) is 0 Å². The Bertz CT molecular complexity index is 521. The lowest BCUT2D eigenvalue weighted by atomic mass is 9.83. The highest BCUT2D eigenvalue weighted by Crippen LogP contribution is 2.28. The van der Waals surface area contributed by atoms with Gasteiger partial charge in [0.05, 0.1) is 12.1 Å². The fourth-order valence-electron chi connectivity index (χ4n) is 2.49. The van der Waals surface area contributed by atoms with E-state index in [4.69, 9.17) is 0 Å². The molecule has 1 aliphatic rings. The van der Waals surface area contributed by atoms with Crippen molar-refractivity contribution in [2.45, 2.75) is 44.8 Å². The number of carbonyl (C=O) groups is 1. The molecule has 0 aromatic heterocycles. The zero-order valence-electron chi connectivity index (χ0n) is 12.6. The fourth-order valence-corrected chi connectivity index (χ4v) is 2.49. The third-order valence-electron chi connectivity index (χ3n) is 4.18. The number of nitrogens with one attached hydrogen (secondary N) is 2. The van der Waals surface area contributed by atoms with E-state index < -0.39 is 23.8 Å². The van der Waals surface area contributed by atoms with Gasteiger partial charge in [-0.25, -0.2) is 13.6 Å². The number of halogens is 2. The number of urea groups is 1. The van der Waals surface area contributed by atoms with Crippen LogP contribution in [0.1, 0.15) is 44.3 Å². The van der Waals surface area contributed by atoms with Crippen molar-refractivity contribution in [3.05, 3.63) is 35.4 Å². The van der Waals surface area contributed by atoms with Crippen LogP contribution in [0.5, 0.6) is 0 Å². The van der Waals surface area contributed by atoms with Crippen molar-refractivity contribution in [2.75, 3.05) is 6.54 Å². The van der Waals surface area contributed by atoms with E-state index in [2.05, 4.69) is 10.6 Å². The highest BCUT2D eigenvalue weighted by molar-refractivity contribution is 5.74. The monoisotopic (exact) mass is 312 g/mol. The summed E-state index contributed by atoms with van der Waals surface area (Å²) in [5.74, 6) is -1.27. The molecule has 2 rings (SSSR count). The Balaban J connectivity index is 1.77.